The first-order valence-electron chi connectivity index (χ1n) is 9.42. The van der Waals surface area contributed by atoms with Crippen LogP contribution in [0.3, 0.4) is 0 Å². The van der Waals surface area contributed by atoms with Gasteiger partial charge in [-0.25, -0.2) is 4.79 Å². The van der Waals surface area contributed by atoms with Crippen molar-refractivity contribution < 1.29 is 19.6 Å². The minimum Gasteiger partial charge on any atom is -0.465 e. The molecular weight excluding hydrogens is 404 g/mol. The number of nitrogens with zero attached hydrogens (tertiary/aromatic N) is 3. The molecule has 0 heterocycles. The van der Waals surface area contributed by atoms with E-state index in [2.05, 4.69) is 10.3 Å². The van der Waals surface area contributed by atoms with Gasteiger partial charge in [-0.3, -0.25) is 24.8 Å². The second-order valence-corrected chi connectivity index (χ2v) is 6.65. The average molecular weight is 428 g/mol. The Kier molecular flexibility index (Phi) is 8.31. The third kappa shape index (κ3) is 7.31. The molecule has 0 saturated heterocycles. The highest BCUT2D eigenvalue weighted by Gasteiger charge is 2.29. The summed E-state index contributed by atoms with van der Waals surface area (Å²) in [5.41, 5.74) is 11.5. The van der Waals surface area contributed by atoms with Crippen LogP contribution in [0.25, 0.3) is 0 Å². The van der Waals surface area contributed by atoms with Crippen LogP contribution < -0.4 is 16.8 Å². The lowest BCUT2D eigenvalue weighted by molar-refractivity contribution is -0.384. The number of nitro groups is 1. The molecule has 2 rings (SSSR count). The van der Waals surface area contributed by atoms with E-state index in [-0.39, 0.29) is 31.2 Å². The molecule has 0 aromatic heterocycles. The van der Waals surface area contributed by atoms with Gasteiger partial charge >= 0.3 is 6.09 Å². The number of hydrogen-bond acceptors (Lipinski definition) is 5. The van der Waals surface area contributed by atoms with Crippen LogP contribution in [-0.4, -0.2) is 45.5 Å². The first kappa shape index (κ1) is 23.1. The molecule has 2 aromatic carbocycles. The molecule has 0 radical (unpaired) electrons. The number of carbonyl (C=O) groups excluding carboxylic acids is 1. The Balaban J connectivity index is 2.21. The second kappa shape index (κ2) is 11.1. The Morgan fingerprint density at radius 3 is 2.32 bits per heavy atom. The Morgan fingerprint density at radius 1 is 1.13 bits per heavy atom. The molecule has 2 aromatic rings. The highest BCUT2D eigenvalue weighted by Crippen LogP contribution is 2.19. The number of carboxylic acid groups (broad SMARTS) is 1. The molecule has 0 unspecified atom stereocenters. The van der Waals surface area contributed by atoms with E-state index >= 15 is 0 Å². The monoisotopic (exact) mass is 428 g/mol. The van der Waals surface area contributed by atoms with Crippen molar-refractivity contribution in [1.29, 1.82) is 0 Å². The molecular formula is C20H24N6O5. The maximum Gasteiger partial charge on any atom is 0.408 e. The predicted octanol–water partition coefficient (Wildman–Crippen LogP) is 2.14. The van der Waals surface area contributed by atoms with E-state index in [4.69, 9.17) is 11.5 Å². The van der Waals surface area contributed by atoms with E-state index in [0.29, 0.717) is 12.1 Å². The summed E-state index contributed by atoms with van der Waals surface area (Å²) in [6, 6.07) is 13.1. The third-order valence-corrected chi connectivity index (χ3v) is 4.40. The molecule has 0 spiro atoms. The largest absolute Gasteiger partial charge is 0.465 e. The fourth-order valence-electron chi connectivity index (χ4n) is 2.90. The van der Waals surface area contributed by atoms with Crippen LogP contribution >= 0.6 is 0 Å². The van der Waals surface area contributed by atoms with E-state index in [1.807, 2.05) is 6.07 Å². The number of guanidine groups is 1. The smallest absolute Gasteiger partial charge is 0.408 e. The summed E-state index contributed by atoms with van der Waals surface area (Å²) in [4.78, 5) is 40.1. The van der Waals surface area contributed by atoms with Crippen molar-refractivity contribution in [2.45, 2.75) is 25.4 Å². The summed E-state index contributed by atoms with van der Waals surface area (Å²) in [7, 11) is 0. The Labute approximate surface area is 178 Å². The molecule has 31 heavy (non-hydrogen) atoms. The van der Waals surface area contributed by atoms with Crippen molar-refractivity contribution in [2.24, 2.45) is 16.5 Å². The van der Waals surface area contributed by atoms with Crippen molar-refractivity contribution >= 4 is 29.3 Å². The number of non-ortho nitro benzene ring substituents is 1. The van der Waals surface area contributed by atoms with Gasteiger partial charge in [0.2, 0.25) is 5.91 Å². The van der Waals surface area contributed by atoms with E-state index in [1.165, 1.54) is 24.3 Å². The van der Waals surface area contributed by atoms with Gasteiger partial charge in [0.25, 0.3) is 5.69 Å². The maximum absolute atomic E-state index is 13.0. The topological polar surface area (TPSA) is 177 Å². The number of nitrogens with two attached hydrogens (primary N) is 2. The first-order chi connectivity index (χ1) is 14.8. The Morgan fingerprint density at radius 2 is 1.77 bits per heavy atom. The molecule has 0 aliphatic carbocycles. The molecule has 0 fully saturated rings. The minimum absolute atomic E-state index is 0.0107. The number of nitro benzene ring substituents is 1. The van der Waals surface area contributed by atoms with Crippen LogP contribution in [0.4, 0.5) is 16.2 Å². The zero-order valence-electron chi connectivity index (χ0n) is 16.7. The van der Waals surface area contributed by atoms with Gasteiger partial charge < -0.3 is 21.9 Å². The number of amides is 2. The van der Waals surface area contributed by atoms with Gasteiger partial charge in [0, 0.05) is 30.9 Å². The van der Waals surface area contributed by atoms with Crippen molar-refractivity contribution in [3.05, 3.63) is 70.3 Å². The number of carbonyl (C=O) groups is 2. The van der Waals surface area contributed by atoms with Crippen LogP contribution in [0.15, 0.2) is 59.6 Å². The fraction of sp³-hybridized carbons (Fsp3) is 0.250. The molecule has 0 saturated carbocycles. The van der Waals surface area contributed by atoms with Gasteiger partial charge in [0.1, 0.15) is 6.04 Å². The highest BCUT2D eigenvalue weighted by atomic mass is 16.6. The van der Waals surface area contributed by atoms with E-state index in [1.54, 1.807) is 24.3 Å². The van der Waals surface area contributed by atoms with Crippen LogP contribution in [0.5, 0.6) is 0 Å². The van der Waals surface area contributed by atoms with Crippen molar-refractivity contribution in [1.82, 2.24) is 4.90 Å². The SMILES string of the molecule is NC(N)=NCCC[C@@H](C(=O)Nc1ccc([N+](=O)[O-])cc1)N(Cc1ccccc1)C(=O)O. The number of hydrogen-bond donors (Lipinski definition) is 4. The van der Waals surface area contributed by atoms with Crippen molar-refractivity contribution in [2.75, 3.05) is 11.9 Å². The second-order valence-electron chi connectivity index (χ2n) is 6.65. The van der Waals surface area contributed by atoms with E-state index < -0.39 is 23.0 Å². The molecule has 6 N–H and O–H groups in total. The summed E-state index contributed by atoms with van der Waals surface area (Å²) < 4.78 is 0. The zero-order chi connectivity index (χ0) is 22.8. The number of nitrogens with one attached hydrogen (secondary N) is 1. The quantitative estimate of drug-likeness (QED) is 0.147. The van der Waals surface area contributed by atoms with E-state index in [9.17, 15) is 24.8 Å². The lowest BCUT2D eigenvalue weighted by Crippen LogP contribution is -2.46. The molecule has 11 nitrogen and oxygen atoms in total. The normalized spacial score (nSPS) is 11.2. The summed E-state index contributed by atoms with van der Waals surface area (Å²) in [5.74, 6) is -0.650. The van der Waals surface area contributed by atoms with E-state index in [0.717, 1.165) is 10.5 Å². The first-order valence-corrected chi connectivity index (χ1v) is 9.42. The standard InChI is InChI=1S/C20H24N6O5/c21-19(22)23-12-4-7-17(25(20(28)29)13-14-5-2-1-3-6-14)18(27)24-15-8-10-16(11-9-15)26(30)31/h1-3,5-6,8-11,17H,4,7,12-13H2,(H,24,27)(H,28,29)(H4,21,22,23)/t17-/m0/s1. The number of aliphatic imine (C=N–C) groups is 1. The maximum atomic E-state index is 13.0. The molecule has 11 heteroatoms. The minimum atomic E-state index is -1.26. The van der Waals surface area contributed by atoms with Gasteiger partial charge in [-0.05, 0) is 30.5 Å². The van der Waals surface area contributed by atoms with Crippen LogP contribution in [0.2, 0.25) is 0 Å². The van der Waals surface area contributed by atoms with Crippen LogP contribution in [0.1, 0.15) is 18.4 Å². The fourth-order valence-corrected chi connectivity index (χ4v) is 2.90. The molecule has 164 valence electrons. The van der Waals surface area contributed by atoms with Gasteiger partial charge in [-0.1, -0.05) is 30.3 Å². The van der Waals surface area contributed by atoms with Gasteiger partial charge in [0.05, 0.1) is 4.92 Å². The summed E-state index contributed by atoms with van der Waals surface area (Å²) in [6.07, 6.45) is -0.710. The lowest BCUT2D eigenvalue weighted by Gasteiger charge is -2.28. The van der Waals surface area contributed by atoms with Crippen LogP contribution in [-0.2, 0) is 11.3 Å². The Bertz CT molecular complexity index is 929. The highest BCUT2D eigenvalue weighted by molar-refractivity contribution is 5.96. The average Bonchev–Trinajstić information content (AvgIpc) is 2.73. The summed E-state index contributed by atoms with van der Waals surface area (Å²) in [6.45, 7) is 0.249. The van der Waals surface area contributed by atoms with Gasteiger partial charge in [-0.2, -0.15) is 0 Å². The van der Waals surface area contributed by atoms with Crippen molar-refractivity contribution in [3.63, 3.8) is 0 Å². The zero-order valence-corrected chi connectivity index (χ0v) is 16.7. The molecule has 0 aliphatic rings. The molecule has 0 aliphatic heterocycles. The summed E-state index contributed by atoms with van der Waals surface area (Å²) >= 11 is 0. The van der Waals surface area contributed by atoms with Gasteiger partial charge in [-0.15, -0.1) is 0 Å². The number of benzene rings is 2. The number of rotatable bonds is 10. The van der Waals surface area contributed by atoms with Crippen LogP contribution in [0, 0.1) is 10.1 Å². The molecule has 0 bridgehead atoms. The lowest BCUT2D eigenvalue weighted by atomic mass is 10.1. The van der Waals surface area contributed by atoms with Gasteiger partial charge in [0.15, 0.2) is 5.96 Å². The third-order valence-electron chi connectivity index (χ3n) is 4.40. The molecule has 1 atom stereocenters. The summed E-state index contributed by atoms with van der Waals surface area (Å²) in [5, 5.41) is 23.2. The Hall–Kier alpha value is -4.15. The predicted molar refractivity (Wildman–Crippen MR) is 115 cm³/mol. The van der Waals surface area contributed by atoms with Crippen molar-refractivity contribution in [3.8, 4) is 0 Å². The number of anilines is 1. The molecule has 2 amide bonds.